The molecule has 2 saturated heterocycles. The Morgan fingerprint density at radius 2 is 1.73 bits per heavy atom. The van der Waals surface area contributed by atoms with E-state index in [9.17, 15) is 18.0 Å². The Hall–Kier alpha value is -2.01. The van der Waals surface area contributed by atoms with E-state index in [1.165, 1.54) is 0 Å². The molecule has 3 fully saturated rings. The van der Waals surface area contributed by atoms with Gasteiger partial charge in [0, 0.05) is 19.1 Å². The van der Waals surface area contributed by atoms with E-state index in [-0.39, 0.29) is 29.8 Å². The molecule has 0 amide bonds. The van der Waals surface area contributed by atoms with Crippen LogP contribution in [0.25, 0.3) is 0 Å². The topological polar surface area (TPSA) is 114 Å². The Balaban J connectivity index is 1.37. The monoisotopic (exact) mass is 535 g/mol. The summed E-state index contributed by atoms with van der Waals surface area (Å²) in [5.41, 5.74) is 0.728. The number of piperidine rings is 1. The average Bonchev–Trinajstić information content (AvgIpc) is 3.25. The fourth-order valence-corrected chi connectivity index (χ4v) is 7.74. The number of hydrogen-bond donors (Lipinski definition) is 2. The molecule has 0 radical (unpaired) electrons. The number of rotatable bonds is 10. The predicted octanol–water partition coefficient (Wildman–Crippen LogP) is 2.07. The van der Waals surface area contributed by atoms with E-state index in [2.05, 4.69) is 14.9 Å². The van der Waals surface area contributed by atoms with Crippen LogP contribution in [0.2, 0.25) is 0 Å². The lowest BCUT2D eigenvalue weighted by molar-refractivity contribution is -0.149. The minimum atomic E-state index is -3.55. The van der Waals surface area contributed by atoms with Crippen molar-refractivity contribution < 1.29 is 27.5 Å². The van der Waals surface area contributed by atoms with E-state index in [0.29, 0.717) is 43.9 Å². The first-order chi connectivity index (χ1) is 17.8. The van der Waals surface area contributed by atoms with Gasteiger partial charge in [0.2, 0.25) is 10.0 Å². The molecule has 3 aliphatic rings. The molecule has 0 bridgehead atoms. The summed E-state index contributed by atoms with van der Waals surface area (Å²) in [7, 11) is -3.55. The van der Waals surface area contributed by atoms with Crippen molar-refractivity contribution in [3.05, 3.63) is 35.9 Å². The Kier molecular flexibility index (Phi) is 9.61. The molecule has 4 rings (SSSR count). The molecule has 0 aromatic heterocycles. The van der Waals surface area contributed by atoms with Gasteiger partial charge in [-0.15, -0.1) is 0 Å². The molecule has 37 heavy (non-hydrogen) atoms. The lowest BCUT2D eigenvalue weighted by Crippen LogP contribution is -2.51. The molecular weight excluding hydrogens is 494 g/mol. The molecule has 1 aliphatic carbocycles. The number of sulfonamides is 1. The number of nitrogens with one attached hydrogen (secondary N) is 2. The normalized spacial score (nSPS) is 30.4. The largest absolute Gasteiger partial charge is 0.465 e. The zero-order valence-electron chi connectivity index (χ0n) is 21.9. The number of carbonyl (C=O) groups excluding carboxylic acids is 2. The average molecular weight is 536 g/mol. The number of nitrogens with zero attached hydrogens (tertiary/aromatic N) is 1. The summed E-state index contributed by atoms with van der Waals surface area (Å²) in [6.45, 7) is 6.33. The van der Waals surface area contributed by atoms with E-state index in [1.54, 1.807) is 19.1 Å². The molecule has 1 aromatic carbocycles. The molecule has 1 saturated carbocycles. The van der Waals surface area contributed by atoms with Crippen LogP contribution >= 0.6 is 0 Å². The van der Waals surface area contributed by atoms with E-state index >= 15 is 0 Å². The first-order valence-electron chi connectivity index (χ1n) is 13.6. The second-order valence-corrected chi connectivity index (χ2v) is 12.4. The van der Waals surface area contributed by atoms with Crippen molar-refractivity contribution in [2.75, 3.05) is 32.8 Å². The second-order valence-electron chi connectivity index (χ2n) is 10.7. The van der Waals surface area contributed by atoms with Gasteiger partial charge < -0.3 is 14.8 Å². The molecule has 0 unspecified atom stereocenters. The van der Waals surface area contributed by atoms with Crippen molar-refractivity contribution in [3.63, 3.8) is 0 Å². The molecule has 2 heterocycles. The molecular formula is C27H41N3O6S. The molecule has 10 heteroatoms. The zero-order valence-corrected chi connectivity index (χ0v) is 22.8. The van der Waals surface area contributed by atoms with E-state index in [4.69, 9.17) is 9.47 Å². The van der Waals surface area contributed by atoms with Crippen molar-refractivity contribution in [1.29, 1.82) is 0 Å². The van der Waals surface area contributed by atoms with Crippen LogP contribution in [-0.4, -0.2) is 76.2 Å². The van der Waals surface area contributed by atoms with Gasteiger partial charge in [0.05, 0.1) is 19.0 Å². The quantitative estimate of drug-likeness (QED) is 0.438. The first kappa shape index (κ1) is 28.0. The molecule has 2 N–H and O–H groups in total. The maximum Gasteiger partial charge on any atom is 0.323 e. The van der Waals surface area contributed by atoms with Crippen molar-refractivity contribution in [1.82, 2.24) is 14.9 Å². The number of ether oxygens (including phenoxy) is 2. The standard InChI is InChI=1S/C27H41N3O6S/c1-3-35-26(31)24-13-22-12-20(10-11-21(22)15-28-24)16-30-17-23(14-25(30)27(32)36-4-2)29-37(33,34)18-19-8-6-5-7-9-19/h5-9,20-25,28-29H,3-4,10-18H2,1-2H3/t20-,21-,22+,23-,24-,25-/m0/s1. The van der Waals surface area contributed by atoms with Crippen LogP contribution in [-0.2, 0) is 34.8 Å². The Morgan fingerprint density at radius 1 is 1.00 bits per heavy atom. The highest BCUT2D eigenvalue weighted by Gasteiger charge is 2.43. The third-order valence-corrected chi connectivity index (χ3v) is 9.39. The molecule has 1 aromatic rings. The Bertz CT molecular complexity index is 1020. The fourth-order valence-electron chi connectivity index (χ4n) is 6.34. The minimum Gasteiger partial charge on any atom is -0.465 e. The van der Waals surface area contributed by atoms with E-state index in [0.717, 1.165) is 44.3 Å². The van der Waals surface area contributed by atoms with E-state index in [1.807, 2.05) is 25.1 Å². The van der Waals surface area contributed by atoms with Gasteiger partial charge in [0.15, 0.2) is 0 Å². The van der Waals surface area contributed by atoms with Gasteiger partial charge in [-0.1, -0.05) is 30.3 Å². The summed E-state index contributed by atoms with van der Waals surface area (Å²) in [6, 6.07) is 8.06. The summed E-state index contributed by atoms with van der Waals surface area (Å²) in [5, 5.41) is 3.36. The van der Waals surface area contributed by atoms with Gasteiger partial charge in [-0.3, -0.25) is 14.5 Å². The molecule has 6 atom stereocenters. The highest BCUT2D eigenvalue weighted by atomic mass is 32.2. The van der Waals surface area contributed by atoms with Crippen LogP contribution in [0.15, 0.2) is 30.3 Å². The van der Waals surface area contributed by atoms with Crippen LogP contribution in [0.1, 0.15) is 51.5 Å². The van der Waals surface area contributed by atoms with Crippen LogP contribution in [0.3, 0.4) is 0 Å². The Morgan fingerprint density at radius 3 is 2.46 bits per heavy atom. The summed E-state index contributed by atoms with van der Waals surface area (Å²) in [5.74, 6) is 0.840. The van der Waals surface area contributed by atoms with Crippen LogP contribution in [0.4, 0.5) is 0 Å². The SMILES string of the molecule is CCOC(=O)[C@@H]1C[C@H]2C[C@@H](CN3C[C@@H](NS(=O)(=O)Cc4ccccc4)C[C@H]3C(=O)OCC)CC[C@H]2CN1. The number of esters is 2. The second kappa shape index (κ2) is 12.7. The predicted molar refractivity (Wildman–Crippen MR) is 140 cm³/mol. The molecule has 0 spiro atoms. The number of likely N-dealkylation sites (tertiary alicyclic amines) is 1. The van der Waals surface area contributed by atoms with Crippen molar-refractivity contribution in [2.24, 2.45) is 17.8 Å². The number of carbonyl (C=O) groups is 2. The van der Waals surface area contributed by atoms with Gasteiger partial charge in [-0.25, -0.2) is 13.1 Å². The molecule has 2 aliphatic heterocycles. The minimum absolute atomic E-state index is 0.0875. The van der Waals surface area contributed by atoms with Crippen LogP contribution in [0.5, 0.6) is 0 Å². The number of fused-ring (bicyclic) bond motifs is 1. The first-order valence-corrected chi connectivity index (χ1v) is 15.3. The highest BCUT2D eigenvalue weighted by molar-refractivity contribution is 7.88. The Labute approximate surface area is 220 Å². The maximum absolute atomic E-state index is 12.9. The van der Waals surface area contributed by atoms with Gasteiger partial charge in [-0.2, -0.15) is 0 Å². The lowest BCUT2D eigenvalue weighted by atomic mass is 9.69. The third kappa shape index (κ3) is 7.52. The fraction of sp³-hybridized carbons (Fsp3) is 0.704. The van der Waals surface area contributed by atoms with Crippen LogP contribution < -0.4 is 10.0 Å². The zero-order chi connectivity index (χ0) is 26.4. The smallest absolute Gasteiger partial charge is 0.323 e. The molecule has 206 valence electrons. The molecule has 9 nitrogen and oxygen atoms in total. The van der Waals surface area contributed by atoms with Crippen molar-refractivity contribution in [2.45, 2.75) is 69.8 Å². The number of benzene rings is 1. The maximum atomic E-state index is 12.9. The van der Waals surface area contributed by atoms with Crippen LogP contribution in [0, 0.1) is 17.8 Å². The van der Waals surface area contributed by atoms with E-state index < -0.39 is 16.1 Å². The highest BCUT2D eigenvalue weighted by Crippen LogP contribution is 2.39. The summed E-state index contributed by atoms with van der Waals surface area (Å²) >= 11 is 0. The third-order valence-electron chi connectivity index (χ3n) is 7.99. The van der Waals surface area contributed by atoms with Crippen molar-refractivity contribution >= 4 is 22.0 Å². The summed E-state index contributed by atoms with van der Waals surface area (Å²) in [4.78, 5) is 27.2. The van der Waals surface area contributed by atoms with Crippen molar-refractivity contribution in [3.8, 4) is 0 Å². The van der Waals surface area contributed by atoms with Gasteiger partial charge >= 0.3 is 11.9 Å². The lowest BCUT2D eigenvalue weighted by Gasteiger charge is -2.43. The van der Waals surface area contributed by atoms with Gasteiger partial charge in [0.1, 0.15) is 12.1 Å². The number of hydrogen-bond acceptors (Lipinski definition) is 8. The summed E-state index contributed by atoms with van der Waals surface area (Å²) in [6.07, 6.45) is 4.33. The van der Waals surface area contributed by atoms with Gasteiger partial charge in [0.25, 0.3) is 0 Å². The summed E-state index contributed by atoms with van der Waals surface area (Å²) < 4.78 is 39.1. The van der Waals surface area contributed by atoms with Gasteiger partial charge in [-0.05, 0) is 75.8 Å².